The number of anilines is 1. The van der Waals surface area contributed by atoms with Crippen LogP contribution in [0.4, 0.5) is 5.69 Å². The number of hydrogen-bond donors (Lipinski definition) is 1. The van der Waals surface area contributed by atoms with Crippen LogP contribution >= 0.6 is 11.3 Å². The minimum absolute atomic E-state index is 0.0187. The lowest BCUT2D eigenvalue weighted by atomic mass is 10.0. The maximum atomic E-state index is 12.0. The summed E-state index contributed by atoms with van der Waals surface area (Å²) < 4.78 is 4.71. The molecule has 0 unspecified atom stereocenters. The average molecular weight is 269 g/mol. The molecule has 0 saturated carbocycles. The molecular formula is C13H19NO3S. The molecule has 0 fully saturated rings. The van der Waals surface area contributed by atoms with Gasteiger partial charge in [-0.3, -0.25) is 4.79 Å². The number of thiophene rings is 1. The van der Waals surface area contributed by atoms with Crippen LogP contribution in [0.25, 0.3) is 0 Å². The summed E-state index contributed by atoms with van der Waals surface area (Å²) in [5.74, 6) is -0.464. The maximum Gasteiger partial charge on any atom is 0.350 e. The zero-order chi connectivity index (χ0) is 13.7. The third-order valence-electron chi connectivity index (χ3n) is 2.95. The Balaban J connectivity index is 2.93. The normalized spacial score (nSPS) is 10.5. The zero-order valence-corrected chi connectivity index (χ0v) is 12.0. The molecule has 0 aromatic carbocycles. The molecule has 1 N–H and O–H groups in total. The first-order chi connectivity index (χ1) is 8.54. The maximum absolute atomic E-state index is 12.0. The molecule has 0 spiro atoms. The Hall–Kier alpha value is -1.36. The van der Waals surface area contributed by atoms with Crippen LogP contribution in [0.5, 0.6) is 0 Å². The topological polar surface area (TPSA) is 55.4 Å². The Morgan fingerprint density at radius 1 is 1.39 bits per heavy atom. The van der Waals surface area contributed by atoms with Gasteiger partial charge in [0.05, 0.1) is 12.8 Å². The zero-order valence-electron chi connectivity index (χ0n) is 11.2. The molecule has 1 amide bonds. The first-order valence-electron chi connectivity index (χ1n) is 6.02. The van der Waals surface area contributed by atoms with Gasteiger partial charge in [0.25, 0.3) is 0 Å². The van der Waals surface area contributed by atoms with Gasteiger partial charge in [-0.05, 0) is 30.7 Å². The van der Waals surface area contributed by atoms with Crippen LogP contribution in [-0.4, -0.2) is 19.0 Å². The molecule has 1 heterocycles. The number of esters is 1. The van der Waals surface area contributed by atoms with E-state index in [1.54, 1.807) is 0 Å². The van der Waals surface area contributed by atoms with Crippen molar-refractivity contribution < 1.29 is 14.3 Å². The fourth-order valence-electron chi connectivity index (χ4n) is 1.73. The van der Waals surface area contributed by atoms with E-state index in [0.29, 0.717) is 10.6 Å². The van der Waals surface area contributed by atoms with Crippen molar-refractivity contribution in [2.75, 3.05) is 12.4 Å². The van der Waals surface area contributed by atoms with Gasteiger partial charge in [0, 0.05) is 5.92 Å². The van der Waals surface area contributed by atoms with Crippen molar-refractivity contribution in [2.45, 2.75) is 33.6 Å². The van der Waals surface area contributed by atoms with Crippen LogP contribution in [0.2, 0.25) is 0 Å². The van der Waals surface area contributed by atoms with Gasteiger partial charge in [-0.25, -0.2) is 4.79 Å². The minimum atomic E-state index is -0.409. The van der Waals surface area contributed by atoms with E-state index in [1.807, 2.05) is 26.2 Å². The van der Waals surface area contributed by atoms with Gasteiger partial charge in [0.1, 0.15) is 4.88 Å². The van der Waals surface area contributed by atoms with Crippen molar-refractivity contribution in [3.05, 3.63) is 15.8 Å². The van der Waals surface area contributed by atoms with E-state index >= 15 is 0 Å². The van der Waals surface area contributed by atoms with E-state index < -0.39 is 5.97 Å². The van der Waals surface area contributed by atoms with Gasteiger partial charge in [-0.15, -0.1) is 11.3 Å². The molecule has 0 atom stereocenters. The fraction of sp³-hybridized carbons (Fsp3) is 0.538. The van der Waals surface area contributed by atoms with Gasteiger partial charge < -0.3 is 10.1 Å². The molecule has 0 saturated heterocycles. The highest BCUT2D eigenvalue weighted by molar-refractivity contribution is 7.12. The van der Waals surface area contributed by atoms with Crippen molar-refractivity contribution in [3.8, 4) is 0 Å². The van der Waals surface area contributed by atoms with Gasteiger partial charge in [0.2, 0.25) is 5.91 Å². The average Bonchev–Trinajstić information content (AvgIpc) is 2.72. The molecule has 1 aromatic heterocycles. The van der Waals surface area contributed by atoms with Gasteiger partial charge in [0.15, 0.2) is 0 Å². The molecule has 4 nitrogen and oxygen atoms in total. The molecule has 0 bridgehead atoms. The van der Waals surface area contributed by atoms with E-state index in [9.17, 15) is 9.59 Å². The molecule has 18 heavy (non-hydrogen) atoms. The first kappa shape index (κ1) is 14.7. The summed E-state index contributed by atoms with van der Waals surface area (Å²) in [5, 5.41) is 4.69. The molecule has 0 aliphatic carbocycles. The number of hydrogen-bond acceptors (Lipinski definition) is 4. The molecule has 1 rings (SSSR count). The second-order valence-electron chi connectivity index (χ2n) is 4.12. The largest absolute Gasteiger partial charge is 0.465 e. The van der Waals surface area contributed by atoms with E-state index in [2.05, 4.69) is 5.32 Å². The van der Waals surface area contributed by atoms with Crippen LogP contribution < -0.4 is 5.32 Å². The number of aryl methyl sites for hydroxylation is 1. The Bertz CT molecular complexity index is 435. The van der Waals surface area contributed by atoms with Crippen LogP contribution in [-0.2, 0) is 9.53 Å². The second-order valence-corrected chi connectivity index (χ2v) is 5.00. The minimum Gasteiger partial charge on any atom is -0.465 e. The highest BCUT2D eigenvalue weighted by atomic mass is 32.1. The number of amides is 1. The molecule has 0 aliphatic rings. The molecule has 1 aromatic rings. The van der Waals surface area contributed by atoms with Gasteiger partial charge in [-0.2, -0.15) is 0 Å². The summed E-state index contributed by atoms with van der Waals surface area (Å²) >= 11 is 1.29. The standard InChI is InChI=1S/C13H19NO3S/c1-5-9(6-2)12(15)14-10-8(3)7-18-11(10)13(16)17-4/h7,9H,5-6H2,1-4H3,(H,14,15). The first-order valence-corrected chi connectivity index (χ1v) is 6.90. The highest BCUT2D eigenvalue weighted by Crippen LogP contribution is 2.29. The summed E-state index contributed by atoms with van der Waals surface area (Å²) in [4.78, 5) is 24.1. The van der Waals surface area contributed by atoms with Crippen molar-refractivity contribution in [1.82, 2.24) is 0 Å². The smallest absolute Gasteiger partial charge is 0.350 e. The van der Waals surface area contributed by atoms with E-state index in [0.717, 1.165) is 18.4 Å². The van der Waals surface area contributed by atoms with Crippen LogP contribution in [0.3, 0.4) is 0 Å². The third kappa shape index (κ3) is 3.10. The van der Waals surface area contributed by atoms with Crippen LogP contribution in [0, 0.1) is 12.8 Å². The Morgan fingerprint density at radius 2 is 2.00 bits per heavy atom. The van der Waals surface area contributed by atoms with Crippen molar-refractivity contribution in [2.24, 2.45) is 5.92 Å². The lowest BCUT2D eigenvalue weighted by molar-refractivity contribution is -0.120. The van der Waals surface area contributed by atoms with E-state index in [1.165, 1.54) is 18.4 Å². The molecule has 100 valence electrons. The Labute approximate surface area is 111 Å². The number of carbonyl (C=O) groups is 2. The predicted octanol–water partition coefficient (Wildman–Crippen LogP) is 3.22. The number of nitrogens with one attached hydrogen (secondary N) is 1. The van der Waals surface area contributed by atoms with Crippen LogP contribution in [0.1, 0.15) is 41.9 Å². The number of methoxy groups -OCH3 is 1. The van der Waals surface area contributed by atoms with Crippen LogP contribution in [0.15, 0.2) is 5.38 Å². The SMILES string of the molecule is CCC(CC)C(=O)Nc1c(C)csc1C(=O)OC. The fourth-order valence-corrected chi connectivity index (χ4v) is 2.65. The predicted molar refractivity (Wildman–Crippen MR) is 73.1 cm³/mol. The third-order valence-corrected chi connectivity index (χ3v) is 4.03. The van der Waals surface area contributed by atoms with Gasteiger partial charge >= 0.3 is 5.97 Å². The summed E-state index contributed by atoms with van der Waals surface area (Å²) in [7, 11) is 1.34. The molecule has 0 radical (unpaired) electrons. The van der Waals surface area contributed by atoms with Gasteiger partial charge in [-0.1, -0.05) is 13.8 Å². The molecular weight excluding hydrogens is 250 g/mol. The molecule has 0 aliphatic heterocycles. The quantitative estimate of drug-likeness (QED) is 0.835. The summed E-state index contributed by atoms with van der Waals surface area (Å²) in [6.07, 6.45) is 1.58. The number of ether oxygens (including phenoxy) is 1. The highest BCUT2D eigenvalue weighted by Gasteiger charge is 2.21. The monoisotopic (exact) mass is 269 g/mol. The summed E-state index contributed by atoms with van der Waals surface area (Å²) in [6, 6.07) is 0. The van der Waals surface area contributed by atoms with E-state index in [-0.39, 0.29) is 11.8 Å². The molecule has 5 heteroatoms. The summed E-state index contributed by atoms with van der Waals surface area (Å²) in [6.45, 7) is 5.83. The Morgan fingerprint density at radius 3 is 2.50 bits per heavy atom. The second kappa shape index (κ2) is 6.54. The van der Waals surface area contributed by atoms with Crippen molar-refractivity contribution >= 4 is 28.9 Å². The lowest BCUT2D eigenvalue weighted by Gasteiger charge is -2.13. The van der Waals surface area contributed by atoms with Crippen molar-refractivity contribution in [3.63, 3.8) is 0 Å². The summed E-state index contributed by atoms with van der Waals surface area (Å²) in [5.41, 5.74) is 1.48. The van der Waals surface area contributed by atoms with Crippen molar-refractivity contribution in [1.29, 1.82) is 0 Å². The number of carbonyl (C=O) groups excluding carboxylic acids is 2. The number of rotatable bonds is 5. The lowest BCUT2D eigenvalue weighted by Crippen LogP contribution is -2.22. The Kier molecular flexibility index (Phi) is 5.34. The van der Waals surface area contributed by atoms with E-state index in [4.69, 9.17) is 4.74 Å².